The van der Waals surface area contributed by atoms with E-state index in [1.165, 1.54) is 19.2 Å². The van der Waals surface area contributed by atoms with Gasteiger partial charge in [-0.1, -0.05) is 65.8 Å². The number of anilines is 1. The number of carbonyl (C=O) groups excluding carboxylic acids is 1. The first-order chi connectivity index (χ1) is 22.0. The maximum absolute atomic E-state index is 14.1. The van der Waals surface area contributed by atoms with Crippen LogP contribution < -0.4 is 4.90 Å². The van der Waals surface area contributed by atoms with Gasteiger partial charge in [0.05, 0.1) is 33.5 Å². The Morgan fingerprint density at radius 2 is 1.47 bits per heavy atom. The summed E-state index contributed by atoms with van der Waals surface area (Å²) in [6, 6.07) is 10.3. The van der Waals surface area contributed by atoms with Crippen LogP contribution in [-0.2, 0) is 20.4 Å². The van der Waals surface area contributed by atoms with E-state index in [9.17, 15) is 25.0 Å². The molecule has 0 fully saturated rings. The first-order valence-electron chi connectivity index (χ1n) is 16.3. The number of Topliss-reactive ketones (excluding diaryl/α,β-unsaturated/α-hetero) is 1. The van der Waals surface area contributed by atoms with Crippen LogP contribution in [0.3, 0.4) is 0 Å². The second-order valence-corrected chi connectivity index (χ2v) is 14.5. The molecule has 2 aromatic carbocycles. The number of benzene rings is 2. The van der Waals surface area contributed by atoms with Gasteiger partial charge >= 0.3 is 5.69 Å². The Hall–Kier alpha value is -4.60. The molecule has 5 rings (SSSR count). The molecule has 0 radical (unpaired) electrons. The molecule has 10 nitrogen and oxygen atoms in total. The van der Waals surface area contributed by atoms with E-state index in [1.54, 1.807) is 12.1 Å². The highest BCUT2D eigenvalue weighted by molar-refractivity contribution is 6.24. The van der Waals surface area contributed by atoms with E-state index in [0.717, 1.165) is 35.4 Å². The highest BCUT2D eigenvalue weighted by Crippen LogP contribution is 2.53. The lowest BCUT2D eigenvalue weighted by Crippen LogP contribution is -2.33. The molecular formula is C37H45N4O6+. The zero-order valence-electron chi connectivity index (χ0n) is 28.8. The van der Waals surface area contributed by atoms with Crippen LogP contribution in [0.2, 0.25) is 0 Å². The Morgan fingerprint density at radius 3 is 2.04 bits per heavy atom. The average Bonchev–Trinajstić information content (AvgIpc) is 3.35. The summed E-state index contributed by atoms with van der Waals surface area (Å²) < 4.78 is 7.86. The van der Waals surface area contributed by atoms with Crippen molar-refractivity contribution in [3.8, 4) is 0 Å². The number of nitrogens with zero attached hydrogens (tertiary/aromatic N) is 4. The standard InChI is InChI=1S/C37H45N4O6/c1-22(2)16-18-38-30(36(5,6)26-12-10-14-28(32(26)38)40(43)44)20-24-34(42)25(35(24)47-9)21-31-37(7,8)27-13-11-15-29(41(45)46)33(27)39(31)19-17-23(3)4/h10-15,20-23H,16-19H2,1-9H3/q+1. The number of hydrogen-bond donors (Lipinski definition) is 0. The third-order valence-corrected chi connectivity index (χ3v) is 9.78. The Balaban J connectivity index is 1.67. The summed E-state index contributed by atoms with van der Waals surface area (Å²) in [6.07, 6.45) is 5.29. The van der Waals surface area contributed by atoms with Gasteiger partial charge in [-0.15, -0.1) is 0 Å². The lowest BCUT2D eigenvalue weighted by Gasteiger charge is -2.30. The lowest BCUT2D eigenvalue weighted by atomic mass is 9.77. The molecule has 2 aliphatic heterocycles. The Morgan fingerprint density at radius 1 is 0.872 bits per heavy atom. The number of hydrogen-bond acceptors (Lipinski definition) is 7. The largest absolute Gasteiger partial charge is 0.495 e. The van der Waals surface area contributed by atoms with Crippen molar-refractivity contribution in [3.63, 3.8) is 0 Å². The van der Waals surface area contributed by atoms with Gasteiger partial charge in [0, 0.05) is 47.8 Å². The molecule has 0 bridgehead atoms. The van der Waals surface area contributed by atoms with Crippen LogP contribution in [0.4, 0.5) is 22.7 Å². The van der Waals surface area contributed by atoms with E-state index in [0.29, 0.717) is 53.2 Å². The van der Waals surface area contributed by atoms with Crippen molar-refractivity contribution in [1.82, 2.24) is 0 Å². The third-order valence-electron chi connectivity index (χ3n) is 9.78. The summed E-state index contributed by atoms with van der Waals surface area (Å²) in [5, 5.41) is 24.3. The van der Waals surface area contributed by atoms with E-state index in [4.69, 9.17) is 4.74 Å². The molecule has 0 N–H and O–H groups in total. The maximum atomic E-state index is 14.1. The van der Waals surface area contributed by atoms with Gasteiger partial charge in [-0.05, 0) is 43.7 Å². The van der Waals surface area contributed by atoms with E-state index >= 15 is 0 Å². The van der Waals surface area contributed by atoms with Crippen LogP contribution >= 0.6 is 0 Å². The van der Waals surface area contributed by atoms with Gasteiger partial charge in [0.25, 0.3) is 11.4 Å². The minimum Gasteiger partial charge on any atom is -0.495 e. The van der Waals surface area contributed by atoms with Crippen molar-refractivity contribution < 1.29 is 24.0 Å². The molecule has 1 aliphatic carbocycles. The zero-order chi connectivity index (χ0) is 34.6. The summed E-state index contributed by atoms with van der Waals surface area (Å²) in [6.45, 7) is 17.7. The van der Waals surface area contributed by atoms with Crippen molar-refractivity contribution in [3.05, 3.63) is 103 Å². The highest BCUT2D eigenvalue weighted by Gasteiger charge is 2.50. The monoisotopic (exact) mass is 641 g/mol. The maximum Gasteiger partial charge on any atom is 0.340 e. The number of nitro groups is 2. The highest BCUT2D eigenvalue weighted by atomic mass is 16.6. The van der Waals surface area contributed by atoms with Crippen molar-refractivity contribution in [1.29, 1.82) is 0 Å². The molecule has 248 valence electrons. The minimum absolute atomic E-state index is 0.0409. The number of ether oxygens (including phenoxy) is 1. The van der Waals surface area contributed by atoms with E-state index < -0.39 is 10.8 Å². The van der Waals surface area contributed by atoms with Crippen LogP contribution in [-0.4, -0.2) is 46.1 Å². The molecule has 0 spiro atoms. The van der Waals surface area contributed by atoms with Gasteiger partial charge in [0.15, 0.2) is 5.71 Å². The van der Waals surface area contributed by atoms with Gasteiger partial charge in [-0.3, -0.25) is 25.0 Å². The number of para-hydroxylation sites is 2. The number of rotatable bonds is 11. The molecule has 0 saturated carbocycles. The number of nitro benzene ring substituents is 2. The first-order valence-corrected chi connectivity index (χ1v) is 16.3. The van der Waals surface area contributed by atoms with Gasteiger partial charge in [0.2, 0.25) is 5.78 Å². The Bertz CT molecular complexity index is 1810. The molecular weight excluding hydrogens is 596 g/mol. The fourth-order valence-corrected chi connectivity index (χ4v) is 7.07. The second-order valence-electron chi connectivity index (χ2n) is 14.5. The van der Waals surface area contributed by atoms with Crippen molar-refractivity contribution in [2.75, 3.05) is 25.1 Å². The summed E-state index contributed by atoms with van der Waals surface area (Å²) >= 11 is 0. The SMILES string of the molecule is COC1=C(/C=C2\N(CCC(C)C)c3c([N+](=O)[O-])cccc3C2(C)C)C(=O)/C1=C/C1=[N+](CCC(C)C)c2c([N+](=O)[O-])cccc2C1(C)C. The van der Waals surface area contributed by atoms with Gasteiger partial charge in [0.1, 0.15) is 18.0 Å². The predicted molar refractivity (Wildman–Crippen MR) is 184 cm³/mol. The molecule has 0 unspecified atom stereocenters. The average molecular weight is 642 g/mol. The van der Waals surface area contributed by atoms with Gasteiger partial charge in [-0.25, -0.2) is 0 Å². The minimum atomic E-state index is -0.611. The number of carbonyl (C=O) groups is 1. The summed E-state index contributed by atoms with van der Waals surface area (Å²) in [5.41, 5.74) is 4.09. The molecule has 0 aromatic heterocycles. The van der Waals surface area contributed by atoms with Crippen LogP contribution in [0.25, 0.3) is 0 Å². The third kappa shape index (κ3) is 5.57. The topological polar surface area (TPSA) is 119 Å². The van der Waals surface area contributed by atoms with Crippen LogP contribution in [0.1, 0.15) is 79.4 Å². The molecule has 47 heavy (non-hydrogen) atoms. The second kappa shape index (κ2) is 12.2. The van der Waals surface area contributed by atoms with E-state index in [2.05, 4.69) is 27.7 Å². The predicted octanol–water partition coefficient (Wildman–Crippen LogP) is 8.06. The summed E-state index contributed by atoms with van der Waals surface area (Å²) in [4.78, 5) is 39.6. The number of ketones is 1. The molecule has 0 atom stereocenters. The molecule has 0 amide bonds. The number of methoxy groups -OCH3 is 1. The molecule has 2 heterocycles. The summed E-state index contributed by atoms with van der Waals surface area (Å²) in [5.74, 6) is 0.970. The molecule has 0 saturated heterocycles. The normalized spacial score (nSPS) is 19.6. The molecule has 10 heteroatoms. The van der Waals surface area contributed by atoms with Crippen molar-refractivity contribution in [2.24, 2.45) is 11.8 Å². The van der Waals surface area contributed by atoms with Crippen molar-refractivity contribution >= 4 is 34.2 Å². The fraction of sp³-hybridized carbons (Fsp3) is 0.459. The summed E-state index contributed by atoms with van der Waals surface area (Å²) in [7, 11) is 1.53. The van der Waals surface area contributed by atoms with Crippen molar-refractivity contribution in [2.45, 2.75) is 79.1 Å². The zero-order valence-corrected chi connectivity index (χ0v) is 28.8. The van der Waals surface area contributed by atoms with Gasteiger partial charge in [-0.2, -0.15) is 4.58 Å². The lowest BCUT2D eigenvalue weighted by molar-refractivity contribution is -0.456. The van der Waals surface area contributed by atoms with E-state index in [-0.39, 0.29) is 27.0 Å². The van der Waals surface area contributed by atoms with E-state index in [1.807, 2.05) is 61.5 Å². The van der Waals surface area contributed by atoms with Crippen LogP contribution in [0.5, 0.6) is 0 Å². The molecule has 3 aliphatic rings. The first kappa shape index (κ1) is 33.8. The van der Waals surface area contributed by atoms with Crippen LogP contribution in [0.15, 0.2) is 71.2 Å². The fourth-order valence-electron chi connectivity index (χ4n) is 7.07. The number of fused-ring (bicyclic) bond motifs is 2. The number of allylic oxidation sites excluding steroid dienone is 5. The molecule has 2 aromatic rings. The van der Waals surface area contributed by atoms with Crippen LogP contribution in [0, 0.1) is 32.1 Å². The quantitative estimate of drug-likeness (QED) is 0.105. The Labute approximate surface area is 276 Å². The van der Waals surface area contributed by atoms with Gasteiger partial charge < -0.3 is 9.64 Å². The Kier molecular flexibility index (Phi) is 8.77. The smallest absolute Gasteiger partial charge is 0.340 e.